The molecule has 0 radical (unpaired) electrons. The zero-order valence-electron chi connectivity index (χ0n) is 17.2. The van der Waals surface area contributed by atoms with E-state index in [9.17, 15) is 0 Å². The topological polar surface area (TPSA) is 25.8 Å². The third-order valence-electron chi connectivity index (χ3n) is 5.80. The van der Waals surface area contributed by atoms with Crippen LogP contribution in [0.25, 0.3) is 51.7 Å². The molecule has 0 N–H and O–H groups in total. The van der Waals surface area contributed by atoms with E-state index in [2.05, 4.69) is 73.8 Å². The van der Waals surface area contributed by atoms with Crippen molar-refractivity contribution in [3.05, 3.63) is 58.5 Å². The lowest BCUT2D eigenvalue weighted by atomic mass is 9.85. The molecule has 0 atom stereocenters. The summed E-state index contributed by atoms with van der Waals surface area (Å²) in [5.74, 6) is 0. The molecule has 0 amide bonds. The minimum absolute atomic E-state index is 0.0695. The van der Waals surface area contributed by atoms with Crippen LogP contribution in [0.2, 0.25) is 0 Å². The Morgan fingerprint density at radius 2 is 1.77 bits per heavy atom. The Bertz CT molecular complexity index is 1590. The highest BCUT2D eigenvalue weighted by Gasteiger charge is 2.22. The number of nitrogens with zero attached hydrogens (tertiary/aromatic N) is 2. The fourth-order valence-corrected chi connectivity index (χ4v) is 7.63. The lowest BCUT2D eigenvalue weighted by molar-refractivity contribution is 0.597. The number of thiophene rings is 3. The predicted molar refractivity (Wildman–Crippen MR) is 135 cm³/mol. The molecule has 6 rings (SSSR count). The van der Waals surface area contributed by atoms with Crippen molar-refractivity contribution in [3.63, 3.8) is 0 Å². The van der Waals surface area contributed by atoms with Crippen molar-refractivity contribution in [1.29, 1.82) is 0 Å². The average molecular weight is 445 g/mol. The predicted octanol–water partition coefficient (Wildman–Crippen LogP) is 8.55. The number of rotatable bonds is 1. The van der Waals surface area contributed by atoms with E-state index in [1.165, 1.54) is 52.3 Å². The van der Waals surface area contributed by atoms with Crippen LogP contribution in [0.4, 0.5) is 0 Å². The van der Waals surface area contributed by atoms with Gasteiger partial charge >= 0.3 is 0 Å². The van der Waals surface area contributed by atoms with Gasteiger partial charge in [-0.1, -0.05) is 26.8 Å². The third-order valence-corrected chi connectivity index (χ3v) is 8.96. The van der Waals surface area contributed by atoms with E-state index in [-0.39, 0.29) is 5.41 Å². The Morgan fingerprint density at radius 1 is 0.900 bits per heavy atom. The van der Waals surface area contributed by atoms with Gasteiger partial charge in [0.25, 0.3) is 0 Å². The molecule has 5 heteroatoms. The first-order chi connectivity index (χ1) is 14.4. The van der Waals surface area contributed by atoms with Gasteiger partial charge in [0.15, 0.2) is 0 Å². The average Bonchev–Trinajstić information content (AvgIpc) is 3.42. The summed E-state index contributed by atoms with van der Waals surface area (Å²) in [6, 6.07) is 11.4. The van der Waals surface area contributed by atoms with Gasteiger partial charge in [-0.15, -0.1) is 34.0 Å². The van der Waals surface area contributed by atoms with Crippen molar-refractivity contribution >= 4 is 74.5 Å². The van der Waals surface area contributed by atoms with Crippen LogP contribution >= 0.6 is 34.0 Å². The fraction of sp³-hybridized carbons (Fsp3) is 0.200. The first kappa shape index (κ1) is 18.4. The van der Waals surface area contributed by atoms with Gasteiger partial charge in [0, 0.05) is 30.4 Å². The molecule has 4 heterocycles. The Labute approximate surface area is 186 Å². The van der Waals surface area contributed by atoms with E-state index < -0.39 is 0 Å². The minimum atomic E-state index is 0.0695. The van der Waals surface area contributed by atoms with Crippen LogP contribution in [0.1, 0.15) is 31.9 Å². The molecule has 0 saturated heterocycles. The molecule has 148 valence electrons. The standard InChI is InChI=1S/C25H20N2S3/c1-13-11-29-23-16(13)5-6-18-19(23)20-21(26-12-27-24(20)30-18)15-9-14-7-8-28-22(14)17(10-15)25(2,3)4/h5-12H,1-4H3. The normalized spacial score (nSPS) is 12.7. The first-order valence-electron chi connectivity index (χ1n) is 9.98. The van der Waals surface area contributed by atoms with Crippen LogP contribution in [0.15, 0.2) is 47.4 Å². The maximum atomic E-state index is 4.83. The van der Waals surface area contributed by atoms with Crippen molar-refractivity contribution in [2.45, 2.75) is 33.1 Å². The Kier molecular flexibility index (Phi) is 3.89. The molecule has 0 aliphatic heterocycles. The lowest BCUT2D eigenvalue weighted by Gasteiger charge is -2.21. The summed E-state index contributed by atoms with van der Waals surface area (Å²) in [5, 5.41) is 9.59. The van der Waals surface area contributed by atoms with Crippen molar-refractivity contribution in [2.24, 2.45) is 0 Å². The van der Waals surface area contributed by atoms with Crippen LogP contribution in [0, 0.1) is 6.92 Å². The highest BCUT2D eigenvalue weighted by Crippen LogP contribution is 2.45. The fourth-order valence-electron chi connectivity index (χ4n) is 4.30. The van der Waals surface area contributed by atoms with Gasteiger partial charge in [-0.05, 0) is 69.3 Å². The zero-order chi connectivity index (χ0) is 20.6. The Morgan fingerprint density at radius 3 is 2.60 bits per heavy atom. The molecule has 2 nitrogen and oxygen atoms in total. The smallest absolute Gasteiger partial charge is 0.128 e. The summed E-state index contributed by atoms with van der Waals surface area (Å²) >= 11 is 5.43. The maximum absolute atomic E-state index is 4.83. The second-order valence-electron chi connectivity index (χ2n) is 8.85. The molecule has 0 aliphatic rings. The van der Waals surface area contributed by atoms with E-state index in [1.54, 1.807) is 17.7 Å². The van der Waals surface area contributed by atoms with Gasteiger partial charge < -0.3 is 0 Å². The number of benzene rings is 2. The van der Waals surface area contributed by atoms with Crippen LogP contribution < -0.4 is 0 Å². The van der Waals surface area contributed by atoms with E-state index in [0.29, 0.717) is 0 Å². The van der Waals surface area contributed by atoms with E-state index >= 15 is 0 Å². The highest BCUT2D eigenvalue weighted by atomic mass is 32.1. The molecule has 6 aromatic rings. The third kappa shape index (κ3) is 2.59. The summed E-state index contributed by atoms with van der Waals surface area (Å²) in [6.07, 6.45) is 1.72. The van der Waals surface area contributed by atoms with Gasteiger partial charge in [0.05, 0.1) is 5.69 Å². The van der Waals surface area contributed by atoms with Crippen molar-refractivity contribution < 1.29 is 0 Å². The summed E-state index contributed by atoms with van der Waals surface area (Å²) in [5.41, 5.74) is 5.02. The molecule has 0 fully saturated rings. The highest BCUT2D eigenvalue weighted by molar-refractivity contribution is 7.27. The summed E-state index contributed by atoms with van der Waals surface area (Å²) < 4.78 is 4.01. The SMILES string of the molecule is Cc1csc2c1ccc1sc3ncnc(-c4cc(C(C)(C)C)c5sccc5c4)c3c12. The number of fused-ring (bicyclic) bond motifs is 6. The number of aryl methyl sites for hydroxylation is 1. The molecular formula is C25H20N2S3. The number of hydrogen-bond acceptors (Lipinski definition) is 5. The van der Waals surface area contributed by atoms with Crippen molar-refractivity contribution in [2.75, 3.05) is 0 Å². The van der Waals surface area contributed by atoms with Gasteiger partial charge in [0.1, 0.15) is 11.2 Å². The largest absolute Gasteiger partial charge is 0.236 e. The van der Waals surface area contributed by atoms with Crippen LogP contribution in [-0.2, 0) is 5.41 Å². The number of hydrogen-bond donors (Lipinski definition) is 0. The number of aromatic nitrogens is 2. The molecule has 30 heavy (non-hydrogen) atoms. The van der Waals surface area contributed by atoms with Gasteiger partial charge in [0.2, 0.25) is 0 Å². The van der Waals surface area contributed by atoms with Crippen molar-refractivity contribution in [3.8, 4) is 11.3 Å². The Hall–Kier alpha value is -2.34. The summed E-state index contributed by atoms with van der Waals surface area (Å²) in [7, 11) is 0. The molecule has 0 unspecified atom stereocenters. The second kappa shape index (κ2) is 6.33. The van der Waals surface area contributed by atoms with Crippen molar-refractivity contribution in [1.82, 2.24) is 9.97 Å². The van der Waals surface area contributed by atoms with Gasteiger partial charge in [-0.3, -0.25) is 0 Å². The van der Waals surface area contributed by atoms with Crippen LogP contribution in [0.5, 0.6) is 0 Å². The van der Waals surface area contributed by atoms with Gasteiger partial charge in [-0.25, -0.2) is 9.97 Å². The Balaban J connectivity index is 1.76. The zero-order valence-corrected chi connectivity index (χ0v) is 19.7. The molecule has 0 saturated carbocycles. The molecule has 4 aromatic heterocycles. The van der Waals surface area contributed by atoms with E-state index in [4.69, 9.17) is 4.98 Å². The van der Waals surface area contributed by atoms with Crippen LogP contribution in [-0.4, -0.2) is 9.97 Å². The molecule has 2 aromatic carbocycles. The molecule has 0 spiro atoms. The second-order valence-corrected chi connectivity index (χ2v) is 11.7. The summed E-state index contributed by atoms with van der Waals surface area (Å²) in [4.78, 5) is 10.6. The maximum Gasteiger partial charge on any atom is 0.128 e. The first-order valence-corrected chi connectivity index (χ1v) is 12.6. The van der Waals surface area contributed by atoms with Crippen LogP contribution in [0.3, 0.4) is 0 Å². The minimum Gasteiger partial charge on any atom is -0.236 e. The monoisotopic (exact) mass is 444 g/mol. The molecule has 0 bridgehead atoms. The molecular weight excluding hydrogens is 424 g/mol. The van der Waals surface area contributed by atoms with E-state index in [1.807, 2.05) is 22.7 Å². The summed E-state index contributed by atoms with van der Waals surface area (Å²) in [6.45, 7) is 9.06. The lowest BCUT2D eigenvalue weighted by Crippen LogP contribution is -2.11. The van der Waals surface area contributed by atoms with E-state index in [0.717, 1.165) is 10.5 Å². The molecule has 0 aliphatic carbocycles. The van der Waals surface area contributed by atoms with Gasteiger partial charge in [-0.2, -0.15) is 0 Å². The quantitative estimate of drug-likeness (QED) is 0.254.